The van der Waals surface area contributed by atoms with Crippen molar-refractivity contribution in [3.05, 3.63) is 43.5 Å². The summed E-state index contributed by atoms with van der Waals surface area (Å²) in [5, 5.41) is 21.5. The molecular weight excluding hydrogens is 248 g/mol. The maximum Gasteiger partial charge on any atom is 0.361 e. The van der Waals surface area contributed by atoms with E-state index in [1.807, 2.05) is 0 Å². The van der Waals surface area contributed by atoms with Crippen molar-refractivity contribution in [3.63, 3.8) is 0 Å². The van der Waals surface area contributed by atoms with E-state index in [0.29, 0.717) is 0 Å². The second kappa shape index (κ2) is 4.99. The highest BCUT2D eigenvalue weighted by Gasteiger charge is 2.34. The van der Waals surface area contributed by atoms with Crippen LogP contribution < -0.4 is 0 Å². The molecule has 1 aromatic carbocycles. The second-order valence-corrected chi connectivity index (χ2v) is 3.02. The SMILES string of the molecule is COC(=O)c1c(C=O)ccc([N+](=O)[O-])c1[N+](=O)[O-]. The van der Waals surface area contributed by atoms with Gasteiger partial charge in [0.15, 0.2) is 11.8 Å². The average molecular weight is 254 g/mol. The molecule has 9 heteroatoms. The summed E-state index contributed by atoms with van der Waals surface area (Å²) >= 11 is 0. The predicted octanol–water partition coefficient (Wildman–Crippen LogP) is 1.10. The van der Waals surface area contributed by atoms with E-state index in [-0.39, 0.29) is 11.8 Å². The van der Waals surface area contributed by atoms with Crippen molar-refractivity contribution >= 4 is 23.6 Å². The van der Waals surface area contributed by atoms with Crippen molar-refractivity contribution in [3.8, 4) is 0 Å². The molecule has 0 atom stereocenters. The van der Waals surface area contributed by atoms with Gasteiger partial charge in [0.25, 0.3) is 0 Å². The summed E-state index contributed by atoms with van der Waals surface area (Å²) in [5.41, 5.74) is -3.02. The molecule has 0 amide bonds. The van der Waals surface area contributed by atoms with E-state index in [0.717, 1.165) is 19.2 Å². The van der Waals surface area contributed by atoms with Crippen LogP contribution in [-0.2, 0) is 4.74 Å². The smallest absolute Gasteiger partial charge is 0.361 e. The maximum atomic E-state index is 11.4. The van der Waals surface area contributed by atoms with Crippen LogP contribution in [0.3, 0.4) is 0 Å². The highest BCUT2D eigenvalue weighted by molar-refractivity contribution is 6.03. The van der Waals surface area contributed by atoms with Crippen molar-refractivity contribution < 1.29 is 24.2 Å². The van der Waals surface area contributed by atoms with Crippen LogP contribution in [0.1, 0.15) is 20.7 Å². The summed E-state index contributed by atoms with van der Waals surface area (Å²) in [5.74, 6) is -1.19. The number of nitro groups is 2. The van der Waals surface area contributed by atoms with Crippen LogP contribution in [0.2, 0.25) is 0 Å². The first-order valence-corrected chi connectivity index (χ1v) is 4.43. The van der Waals surface area contributed by atoms with Gasteiger partial charge in [-0.2, -0.15) is 0 Å². The fourth-order valence-corrected chi connectivity index (χ4v) is 1.34. The largest absolute Gasteiger partial charge is 0.465 e. The molecule has 0 fully saturated rings. The van der Waals surface area contributed by atoms with Gasteiger partial charge in [-0.25, -0.2) is 4.79 Å². The number of carbonyl (C=O) groups is 2. The molecule has 1 aromatic rings. The number of nitrogens with zero attached hydrogens (tertiary/aromatic N) is 2. The Bertz CT molecular complexity index is 552. The highest BCUT2D eigenvalue weighted by Crippen LogP contribution is 2.32. The minimum atomic E-state index is -1.19. The molecule has 0 radical (unpaired) electrons. The molecule has 0 saturated heterocycles. The molecule has 0 bridgehead atoms. The van der Waals surface area contributed by atoms with Crippen molar-refractivity contribution in [2.45, 2.75) is 0 Å². The Balaban J connectivity index is 3.75. The lowest BCUT2D eigenvalue weighted by Gasteiger charge is -2.04. The number of nitro benzene ring substituents is 2. The van der Waals surface area contributed by atoms with Crippen molar-refractivity contribution in [1.82, 2.24) is 0 Å². The lowest BCUT2D eigenvalue weighted by atomic mass is 10.0. The lowest BCUT2D eigenvalue weighted by molar-refractivity contribution is -0.422. The predicted molar refractivity (Wildman–Crippen MR) is 56.5 cm³/mol. The van der Waals surface area contributed by atoms with Crippen molar-refractivity contribution in [1.29, 1.82) is 0 Å². The first-order chi connectivity index (χ1) is 8.43. The number of benzene rings is 1. The molecule has 0 aromatic heterocycles. The zero-order valence-electron chi connectivity index (χ0n) is 8.98. The third-order valence-corrected chi connectivity index (χ3v) is 2.08. The van der Waals surface area contributed by atoms with Crippen molar-refractivity contribution in [2.24, 2.45) is 0 Å². The summed E-state index contributed by atoms with van der Waals surface area (Å²) in [7, 11) is 0.944. The number of carbonyl (C=O) groups excluding carboxylic acids is 2. The van der Waals surface area contributed by atoms with E-state index >= 15 is 0 Å². The van der Waals surface area contributed by atoms with Crippen molar-refractivity contribution in [2.75, 3.05) is 7.11 Å². The molecule has 1 rings (SSSR count). The maximum absolute atomic E-state index is 11.4. The van der Waals surface area contributed by atoms with Gasteiger partial charge in [0, 0.05) is 11.6 Å². The van der Waals surface area contributed by atoms with E-state index in [1.54, 1.807) is 0 Å². The molecule has 9 nitrogen and oxygen atoms in total. The zero-order valence-corrected chi connectivity index (χ0v) is 8.98. The molecule has 0 aliphatic heterocycles. The molecule has 0 heterocycles. The van der Waals surface area contributed by atoms with Gasteiger partial charge in [-0.05, 0) is 6.07 Å². The van der Waals surface area contributed by atoms with Gasteiger partial charge in [-0.15, -0.1) is 0 Å². The quantitative estimate of drug-likeness (QED) is 0.340. The monoisotopic (exact) mass is 254 g/mol. The van der Waals surface area contributed by atoms with E-state index < -0.39 is 32.8 Å². The number of hydrogen-bond acceptors (Lipinski definition) is 7. The van der Waals surface area contributed by atoms with E-state index in [4.69, 9.17) is 0 Å². The standard InChI is InChI=1S/C9H6N2O7/c1-18-9(13)7-5(4-12)2-3-6(10(14)15)8(7)11(16)17/h2-4H,1H3. The molecule has 0 N–H and O–H groups in total. The fraction of sp³-hybridized carbons (Fsp3) is 0.111. The van der Waals surface area contributed by atoms with E-state index in [2.05, 4.69) is 4.74 Å². The molecule has 18 heavy (non-hydrogen) atoms. The summed E-state index contributed by atoms with van der Waals surface area (Å²) in [6, 6.07) is 1.73. The molecule has 0 aliphatic rings. The summed E-state index contributed by atoms with van der Waals surface area (Å²) in [6.07, 6.45) is 0.184. The minimum Gasteiger partial charge on any atom is -0.465 e. The van der Waals surface area contributed by atoms with Crippen LogP contribution in [0, 0.1) is 20.2 Å². The molecular formula is C9H6N2O7. The molecule has 94 valence electrons. The molecule has 0 unspecified atom stereocenters. The summed E-state index contributed by atoms with van der Waals surface area (Å²) in [6.45, 7) is 0. The van der Waals surface area contributed by atoms with Crippen LogP contribution in [0.25, 0.3) is 0 Å². The third kappa shape index (κ3) is 2.14. The van der Waals surface area contributed by atoms with E-state index in [9.17, 15) is 29.8 Å². The number of rotatable bonds is 4. The molecule has 0 aliphatic carbocycles. The lowest BCUT2D eigenvalue weighted by Crippen LogP contribution is -2.11. The molecule has 0 saturated carbocycles. The number of methoxy groups -OCH3 is 1. The Morgan fingerprint density at radius 3 is 2.28 bits per heavy atom. The zero-order chi connectivity index (χ0) is 13.9. The fourth-order valence-electron chi connectivity index (χ4n) is 1.34. The van der Waals surface area contributed by atoms with Gasteiger partial charge in [0.05, 0.1) is 17.0 Å². The summed E-state index contributed by atoms with van der Waals surface area (Å²) in [4.78, 5) is 41.4. The second-order valence-electron chi connectivity index (χ2n) is 3.02. The Morgan fingerprint density at radius 1 is 1.28 bits per heavy atom. The Hall–Kier alpha value is -2.84. The van der Waals surface area contributed by atoms with Gasteiger partial charge in [-0.3, -0.25) is 25.0 Å². The number of aldehydes is 1. The van der Waals surface area contributed by atoms with E-state index in [1.165, 1.54) is 0 Å². The Kier molecular flexibility index (Phi) is 3.67. The Morgan fingerprint density at radius 2 is 1.89 bits per heavy atom. The van der Waals surface area contributed by atoms with Gasteiger partial charge >= 0.3 is 17.3 Å². The van der Waals surface area contributed by atoms with Crippen LogP contribution in [0.4, 0.5) is 11.4 Å². The molecule has 0 spiro atoms. The number of ether oxygens (including phenoxy) is 1. The summed E-state index contributed by atoms with van der Waals surface area (Å²) < 4.78 is 4.28. The van der Waals surface area contributed by atoms with Crippen LogP contribution >= 0.6 is 0 Å². The highest BCUT2D eigenvalue weighted by atomic mass is 16.6. The number of esters is 1. The van der Waals surface area contributed by atoms with Gasteiger partial charge < -0.3 is 4.74 Å². The topological polar surface area (TPSA) is 130 Å². The normalized spacial score (nSPS) is 9.61. The van der Waals surface area contributed by atoms with Gasteiger partial charge in [-0.1, -0.05) is 0 Å². The van der Waals surface area contributed by atoms with Gasteiger partial charge in [0.1, 0.15) is 0 Å². The average Bonchev–Trinajstić information content (AvgIpc) is 2.35. The van der Waals surface area contributed by atoms with Crippen LogP contribution in [0.5, 0.6) is 0 Å². The van der Waals surface area contributed by atoms with Crippen LogP contribution in [-0.4, -0.2) is 29.2 Å². The Labute approximate surface area is 99.3 Å². The first kappa shape index (κ1) is 13.2. The number of hydrogen-bond donors (Lipinski definition) is 0. The first-order valence-electron chi connectivity index (χ1n) is 4.43. The van der Waals surface area contributed by atoms with Crippen LogP contribution in [0.15, 0.2) is 12.1 Å². The minimum absolute atomic E-state index is 0.184. The third-order valence-electron chi connectivity index (χ3n) is 2.08. The van der Waals surface area contributed by atoms with Gasteiger partial charge in [0.2, 0.25) is 0 Å².